The van der Waals surface area contributed by atoms with E-state index in [1.807, 2.05) is 13.8 Å². The van der Waals surface area contributed by atoms with Crippen LogP contribution in [0.25, 0.3) is 0 Å². The summed E-state index contributed by atoms with van der Waals surface area (Å²) in [5, 5.41) is 6.87. The van der Waals surface area contributed by atoms with Gasteiger partial charge in [-0.15, -0.1) is 0 Å². The molecule has 0 spiro atoms. The van der Waals surface area contributed by atoms with Gasteiger partial charge >= 0.3 is 5.97 Å². The van der Waals surface area contributed by atoms with Crippen LogP contribution in [0.3, 0.4) is 0 Å². The standard InChI is InChI=1S/C14H22N4O3/c1-8(2)11-10(15)12(17-16-11)13(19)18-6-4-5-9(7-18)14(20)21-3/h8-9H,4-7,15H2,1-3H3,(H,16,17). The molecule has 1 aliphatic rings. The second-order valence-corrected chi connectivity index (χ2v) is 5.67. The Morgan fingerprint density at radius 2 is 2.19 bits per heavy atom. The molecule has 0 radical (unpaired) electrons. The average Bonchev–Trinajstić information content (AvgIpc) is 2.87. The van der Waals surface area contributed by atoms with Crippen LogP contribution in [0, 0.1) is 5.92 Å². The van der Waals surface area contributed by atoms with Crippen LogP contribution < -0.4 is 5.73 Å². The number of ether oxygens (including phenoxy) is 1. The lowest BCUT2D eigenvalue weighted by Gasteiger charge is -2.30. The number of esters is 1. The number of amides is 1. The number of carbonyl (C=O) groups excluding carboxylic acids is 2. The first-order valence-electron chi connectivity index (χ1n) is 7.16. The molecule has 7 nitrogen and oxygen atoms in total. The van der Waals surface area contributed by atoms with Crippen LogP contribution in [0.15, 0.2) is 0 Å². The van der Waals surface area contributed by atoms with Gasteiger partial charge in [-0.3, -0.25) is 14.7 Å². The third-order valence-electron chi connectivity index (χ3n) is 3.86. The van der Waals surface area contributed by atoms with Crippen molar-refractivity contribution < 1.29 is 14.3 Å². The van der Waals surface area contributed by atoms with Gasteiger partial charge in [-0.1, -0.05) is 13.8 Å². The summed E-state index contributed by atoms with van der Waals surface area (Å²) < 4.78 is 4.76. The molecule has 1 atom stereocenters. The van der Waals surface area contributed by atoms with Gasteiger partial charge in [-0.2, -0.15) is 5.10 Å². The molecule has 1 unspecified atom stereocenters. The Labute approximate surface area is 123 Å². The van der Waals surface area contributed by atoms with Crippen molar-refractivity contribution >= 4 is 17.6 Å². The molecule has 0 aliphatic carbocycles. The first-order valence-corrected chi connectivity index (χ1v) is 7.16. The topological polar surface area (TPSA) is 101 Å². The third kappa shape index (κ3) is 3.01. The van der Waals surface area contributed by atoms with Crippen molar-refractivity contribution in [3.05, 3.63) is 11.4 Å². The maximum absolute atomic E-state index is 12.5. The maximum atomic E-state index is 12.5. The summed E-state index contributed by atoms with van der Waals surface area (Å²) in [6.07, 6.45) is 1.51. The number of methoxy groups -OCH3 is 1. The fraction of sp³-hybridized carbons (Fsp3) is 0.643. The quantitative estimate of drug-likeness (QED) is 0.814. The smallest absolute Gasteiger partial charge is 0.310 e. The van der Waals surface area contributed by atoms with Crippen LogP contribution in [0.2, 0.25) is 0 Å². The van der Waals surface area contributed by atoms with Crippen molar-refractivity contribution in [3.63, 3.8) is 0 Å². The number of nitrogen functional groups attached to an aromatic ring is 1. The van der Waals surface area contributed by atoms with E-state index in [-0.39, 0.29) is 29.4 Å². The Morgan fingerprint density at radius 1 is 1.48 bits per heavy atom. The van der Waals surface area contributed by atoms with Gasteiger partial charge in [0.05, 0.1) is 24.4 Å². The summed E-state index contributed by atoms with van der Waals surface area (Å²) in [7, 11) is 1.36. The number of carbonyl (C=O) groups is 2. The highest BCUT2D eigenvalue weighted by molar-refractivity contribution is 5.98. The van der Waals surface area contributed by atoms with Gasteiger partial charge < -0.3 is 15.4 Å². The van der Waals surface area contributed by atoms with Crippen molar-refractivity contribution in [2.45, 2.75) is 32.6 Å². The molecule has 3 N–H and O–H groups in total. The number of hydrogen-bond acceptors (Lipinski definition) is 5. The second kappa shape index (κ2) is 6.15. The Hall–Kier alpha value is -2.05. The average molecular weight is 294 g/mol. The highest BCUT2D eigenvalue weighted by atomic mass is 16.5. The summed E-state index contributed by atoms with van der Waals surface area (Å²) in [6.45, 7) is 4.92. The monoisotopic (exact) mass is 294 g/mol. The minimum atomic E-state index is -0.273. The zero-order valence-electron chi connectivity index (χ0n) is 12.7. The zero-order valence-corrected chi connectivity index (χ0v) is 12.7. The van der Waals surface area contributed by atoms with E-state index in [1.165, 1.54) is 7.11 Å². The van der Waals surface area contributed by atoms with Gasteiger partial charge in [-0.05, 0) is 18.8 Å². The summed E-state index contributed by atoms with van der Waals surface area (Å²) in [5.41, 5.74) is 7.40. The number of H-pyrrole nitrogens is 1. The van der Waals surface area contributed by atoms with Gasteiger partial charge in [0.15, 0.2) is 5.69 Å². The van der Waals surface area contributed by atoms with E-state index in [4.69, 9.17) is 10.5 Å². The number of piperidine rings is 1. The van der Waals surface area contributed by atoms with E-state index in [2.05, 4.69) is 10.2 Å². The number of likely N-dealkylation sites (tertiary alicyclic amines) is 1. The van der Waals surface area contributed by atoms with Crippen LogP contribution in [-0.2, 0) is 9.53 Å². The lowest BCUT2D eigenvalue weighted by molar-refractivity contribution is -0.146. The number of nitrogens with zero attached hydrogens (tertiary/aromatic N) is 2. The van der Waals surface area contributed by atoms with Gasteiger partial charge in [0.1, 0.15) is 0 Å². The molecule has 1 aliphatic heterocycles. The number of rotatable bonds is 3. The number of anilines is 1. The van der Waals surface area contributed by atoms with Gasteiger partial charge in [0.25, 0.3) is 5.91 Å². The zero-order chi connectivity index (χ0) is 15.6. The molecule has 0 bridgehead atoms. The highest BCUT2D eigenvalue weighted by Crippen LogP contribution is 2.25. The molecule has 2 rings (SSSR count). The molecule has 1 aromatic heterocycles. The van der Waals surface area contributed by atoms with Crippen molar-refractivity contribution in [2.24, 2.45) is 5.92 Å². The second-order valence-electron chi connectivity index (χ2n) is 5.67. The first-order chi connectivity index (χ1) is 9.95. The van der Waals surface area contributed by atoms with E-state index in [0.717, 1.165) is 18.5 Å². The van der Waals surface area contributed by atoms with Crippen molar-refractivity contribution in [1.82, 2.24) is 15.1 Å². The highest BCUT2D eigenvalue weighted by Gasteiger charge is 2.31. The van der Waals surface area contributed by atoms with E-state index in [0.29, 0.717) is 18.8 Å². The van der Waals surface area contributed by atoms with Crippen molar-refractivity contribution in [3.8, 4) is 0 Å². The lowest BCUT2D eigenvalue weighted by atomic mass is 9.98. The predicted molar refractivity (Wildman–Crippen MR) is 77.7 cm³/mol. The number of aromatic nitrogens is 2. The molecule has 7 heteroatoms. The molecular weight excluding hydrogens is 272 g/mol. The third-order valence-corrected chi connectivity index (χ3v) is 3.86. The molecule has 0 saturated carbocycles. The van der Waals surface area contributed by atoms with E-state index in [9.17, 15) is 9.59 Å². The maximum Gasteiger partial charge on any atom is 0.310 e. The van der Waals surface area contributed by atoms with Crippen LogP contribution in [0.1, 0.15) is 48.8 Å². The minimum Gasteiger partial charge on any atom is -0.469 e. The fourth-order valence-electron chi connectivity index (χ4n) is 2.64. The van der Waals surface area contributed by atoms with E-state index < -0.39 is 0 Å². The fourth-order valence-corrected chi connectivity index (χ4v) is 2.64. The predicted octanol–water partition coefficient (Wildman–Crippen LogP) is 1.14. The molecule has 21 heavy (non-hydrogen) atoms. The normalized spacial score (nSPS) is 18.9. The van der Waals surface area contributed by atoms with Crippen molar-refractivity contribution in [1.29, 1.82) is 0 Å². The molecule has 1 fully saturated rings. The molecule has 116 valence electrons. The number of aromatic amines is 1. The summed E-state index contributed by atoms with van der Waals surface area (Å²) >= 11 is 0. The van der Waals surface area contributed by atoms with Gasteiger partial charge in [0, 0.05) is 13.1 Å². The van der Waals surface area contributed by atoms with Crippen LogP contribution in [0.4, 0.5) is 5.69 Å². The van der Waals surface area contributed by atoms with Gasteiger partial charge in [0.2, 0.25) is 0 Å². The molecule has 1 amide bonds. The number of nitrogens with one attached hydrogen (secondary N) is 1. The lowest BCUT2D eigenvalue weighted by Crippen LogP contribution is -2.43. The molecule has 1 saturated heterocycles. The van der Waals surface area contributed by atoms with E-state index in [1.54, 1.807) is 4.90 Å². The number of nitrogens with two attached hydrogens (primary N) is 1. The Balaban J connectivity index is 2.14. The molecule has 0 aromatic carbocycles. The molecule has 2 heterocycles. The van der Waals surface area contributed by atoms with Crippen LogP contribution >= 0.6 is 0 Å². The Kier molecular flexibility index (Phi) is 4.50. The van der Waals surface area contributed by atoms with Crippen LogP contribution in [0.5, 0.6) is 0 Å². The van der Waals surface area contributed by atoms with E-state index >= 15 is 0 Å². The minimum absolute atomic E-state index is 0.170. The van der Waals surface area contributed by atoms with Gasteiger partial charge in [-0.25, -0.2) is 0 Å². The molecule has 1 aromatic rings. The van der Waals surface area contributed by atoms with Crippen molar-refractivity contribution in [2.75, 3.05) is 25.9 Å². The number of hydrogen-bond donors (Lipinski definition) is 2. The summed E-state index contributed by atoms with van der Waals surface area (Å²) in [5.74, 6) is -0.602. The SMILES string of the molecule is COC(=O)C1CCCN(C(=O)c2n[nH]c(C(C)C)c2N)C1. The molecular formula is C14H22N4O3. The summed E-state index contributed by atoms with van der Waals surface area (Å²) in [6, 6.07) is 0. The first kappa shape index (κ1) is 15.3. The summed E-state index contributed by atoms with van der Waals surface area (Å²) in [4.78, 5) is 25.8. The Bertz CT molecular complexity index is 538. The largest absolute Gasteiger partial charge is 0.469 e. The van der Waals surface area contributed by atoms with Crippen LogP contribution in [-0.4, -0.2) is 47.2 Å². The Morgan fingerprint density at radius 3 is 2.76 bits per heavy atom.